The SMILES string of the molecule is O=[N+]([O-])c1ccc(-n2cccc2[C@H]2[C@H](c3ccccn3)NC(=S)N2c2ccc(N3CCOCC3)cc2)cc1. The van der Waals surface area contributed by atoms with Crippen molar-refractivity contribution < 1.29 is 9.66 Å². The molecule has 0 amide bonds. The highest BCUT2D eigenvalue weighted by Gasteiger charge is 2.42. The minimum atomic E-state index is -0.390. The average Bonchev–Trinajstić information content (AvgIpc) is 3.58. The number of morpholine rings is 1. The van der Waals surface area contributed by atoms with E-state index < -0.39 is 0 Å². The van der Waals surface area contributed by atoms with Gasteiger partial charge in [0.25, 0.3) is 5.69 Å². The first kappa shape index (κ1) is 24.1. The summed E-state index contributed by atoms with van der Waals surface area (Å²) in [5.41, 5.74) is 4.87. The summed E-state index contributed by atoms with van der Waals surface area (Å²) in [7, 11) is 0. The molecule has 2 aliphatic rings. The summed E-state index contributed by atoms with van der Waals surface area (Å²) in [6, 6.07) is 24.5. The smallest absolute Gasteiger partial charge is 0.269 e. The van der Waals surface area contributed by atoms with Gasteiger partial charge < -0.3 is 24.4 Å². The van der Waals surface area contributed by atoms with Gasteiger partial charge in [0, 0.05) is 60.4 Å². The minimum Gasteiger partial charge on any atom is -0.378 e. The number of ether oxygens (including phenoxy) is 1. The standard InChI is InChI=1S/C28H26N6O3S/c35-34(36)23-12-8-21(9-13-23)32-15-3-5-25(32)27-26(24-4-1-2-14-29-24)30-28(38)33(27)22-10-6-20(7-11-22)31-16-18-37-19-17-31/h1-15,26-27H,16-19H2,(H,30,38)/t26-,27-/m0/s1. The lowest BCUT2D eigenvalue weighted by atomic mass is 10.0. The second kappa shape index (κ2) is 10.2. The molecule has 0 spiro atoms. The summed E-state index contributed by atoms with van der Waals surface area (Å²) >= 11 is 5.89. The molecule has 9 nitrogen and oxygen atoms in total. The number of pyridine rings is 1. The molecule has 0 aliphatic carbocycles. The van der Waals surface area contributed by atoms with Crippen molar-refractivity contribution in [3.63, 3.8) is 0 Å². The van der Waals surface area contributed by atoms with Gasteiger partial charge >= 0.3 is 0 Å². The van der Waals surface area contributed by atoms with Gasteiger partial charge in [-0.3, -0.25) is 15.1 Å². The third kappa shape index (κ3) is 4.48. The van der Waals surface area contributed by atoms with Gasteiger partial charge in [0.15, 0.2) is 5.11 Å². The predicted molar refractivity (Wildman–Crippen MR) is 150 cm³/mol. The molecule has 1 N–H and O–H groups in total. The number of benzene rings is 2. The fourth-order valence-corrected chi connectivity index (χ4v) is 5.53. The quantitative estimate of drug-likeness (QED) is 0.218. The molecule has 2 aliphatic heterocycles. The number of nitro groups is 1. The van der Waals surface area contributed by atoms with E-state index in [1.165, 1.54) is 12.1 Å². The number of hydrogen-bond donors (Lipinski definition) is 1. The molecule has 4 heterocycles. The zero-order chi connectivity index (χ0) is 26.1. The number of hydrogen-bond acceptors (Lipinski definition) is 6. The molecule has 0 unspecified atom stereocenters. The van der Waals surface area contributed by atoms with Gasteiger partial charge in [-0.25, -0.2) is 0 Å². The maximum absolute atomic E-state index is 11.2. The summed E-state index contributed by atoms with van der Waals surface area (Å²) in [4.78, 5) is 19.9. The summed E-state index contributed by atoms with van der Waals surface area (Å²) in [5.74, 6) is 0. The third-order valence-corrected chi connectivity index (χ3v) is 7.34. The normalized spacial score (nSPS) is 19.4. The van der Waals surface area contributed by atoms with Crippen molar-refractivity contribution in [1.82, 2.24) is 14.9 Å². The van der Waals surface area contributed by atoms with Crippen LogP contribution in [0.1, 0.15) is 23.5 Å². The van der Waals surface area contributed by atoms with E-state index in [0.29, 0.717) is 5.11 Å². The van der Waals surface area contributed by atoms with Crippen LogP contribution in [0.4, 0.5) is 17.1 Å². The highest BCUT2D eigenvalue weighted by Crippen LogP contribution is 2.42. The largest absolute Gasteiger partial charge is 0.378 e. The topological polar surface area (TPSA) is 88.7 Å². The molecule has 10 heteroatoms. The van der Waals surface area contributed by atoms with Crippen LogP contribution in [0.25, 0.3) is 5.69 Å². The number of nitrogens with zero attached hydrogens (tertiary/aromatic N) is 5. The molecule has 2 aromatic carbocycles. The lowest BCUT2D eigenvalue weighted by Gasteiger charge is -2.31. The van der Waals surface area contributed by atoms with Gasteiger partial charge in [-0.05, 0) is 72.9 Å². The number of nitro benzene ring substituents is 1. The maximum atomic E-state index is 11.2. The van der Waals surface area contributed by atoms with E-state index in [9.17, 15) is 10.1 Å². The van der Waals surface area contributed by atoms with E-state index in [1.54, 1.807) is 18.3 Å². The summed E-state index contributed by atoms with van der Waals surface area (Å²) in [6.45, 7) is 3.21. The fraction of sp³-hybridized carbons (Fsp3) is 0.214. The molecule has 2 atom stereocenters. The van der Waals surface area contributed by atoms with Crippen LogP contribution in [-0.4, -0.2) is 45.9 Å². The van der Waals surface area contributed by atoms with E-state index in [4.69, 9.17) is 17.0 Å². The Morgan fingerprint density at radius 3 is 2.32 bits per heavy atom. The van der Waals surface area contributed by atoms with E-state index in [-0.39, 0.29) is 22.7 Å². The first-order valence-electron chi connectivity index (χ1n) is 12.5. The molecule has 0 bridgehead atoms. The summed E-state index contributed by atoms with van der Waals surface area (Å²) < 4.78 is 7.55. The summed E-state index contributed by atoms with van der Waals surface area (Å²) in [6.07, 6.45) is 3.75. The Kier molecular flexibility index (Phi) is 6.48. The van der Waals surface area contributed by atoms with Crippen LogP contribution in [-0.2, 0) is 4.74 Å². The second-order valence-electron chi connectivity index (χ2n) is 9.19. The molecule has 192 valence electrons. The minimum absolute atomic E-state index is 0.0551. The highest BCUT2D eigenvalue weighted by atomic mass is 32.1. The van der Waals surface area contributed by atoms with Crippen LogP contribution < -0.4 is 15.1 Å². The Labute approximate surface area is 225 Å². The first-order valence-corrected chi connectivity index (χ1v) is 12.9. The van der Waals surface area contributed by atoms with Crippen molar-refractivity contribution in [2.75, 3.05) is 36.1 Å². The molecule has 2 fully saturated rings. The lowest BCUT2D eigenvalue weighted by Crippen LogP contribution is -2.36. The molecule has 4 aromatic rings. The Morgan fingerprint density at radius 1 is 0.921 bits per heavy atom. The van der Waals surface area contributed by atoms with E-state index in [2.05, 4.69) is 55.0 Å². The van der Waals surface area contributed by atoms with Gasteiger partial charge in [0.05, 0.1) is 29.9 Å². The van der Waals surface area contributed by atoms with Crippen LogP contribution in [0, 0.1) is 10.1 Å². The van der Waals surface area contributed by atoms with Crippen molar-refractivity contribution in [2.24, 2.45) is 0 Å². The van der Waals surface area contributed by atoms with Crippen LogP contribution in [0.3, 0.4) is 0 Å². The second-order valence-corrected chi connectivity index (χ2v) is 9.58. The molecule has 6 rings (SSSR count). The summed E-state index contributed by atoms with van der Waals surface area (Å²) in [5, 5.41) is 15.3. The van der Waals surface area contributed by atoms with Gasteiger partial charge in [0.2, 0.25) is 0 Å². The molecular weight excluding hydrogens is 500 g/mol. The molecule has 38 heavy (non-hydrogen) atoms. The Morgan fingerprint density at radius 2 is 1.63 bits per heavy atom. The average molecular weight is 527 g/mol. The van der Waals surface area contributed by atoms with Crippen LogP contribution in [0.5, 0.6) is 0 Å². The number of rotatable bonds is 6. The molecule has 2 saturated heterocycles. The van der Waals surface area contributed by atoms with Crippen molar-refractivity contribution in [3.05, 3.63) is 113 Å². The molecular formula is C28H26N6O3S. The Balaban J connectivity index is 1.40. The maximum Gasteiger partial charge on any atom is 0.269 e. The number of aromatic nitrogens is 2. The lowest BCUT2D eigenvalue weighted by molar-refractivity contribution is -0.384. The number of thiocarbonyl (C=S) groups is 1. The van der Waals surface area contributed by atoms with Crippen molar-refractivity contribution in [2.45, 2.75) is 12.1 Å². The van der Waals surface area contributed by atoms with Crippen molar-refractivity contribution in [1.29, 1.82) is 0 Å². The van der Waals surface area contributed by atoms with Crippen LogP contribution in [0.15, 0.2) is 91.3 Å². The number of anilines is 2. The van der Waals surface area contributed by atoms with Crippen LogP contribution >= 0.6 is 12.2 Å². The molecule has 0 radical (unpaired) electrons. The predicted octanol–water partition coefficient (Wildman–Crippen LogP) is 4.79. The van der Waals surface area contributed by atoms with Gasteiger partial charge in [-0.15, -0.1) is 0 Å². The highest BCUT2D eigenvalue weighted by molar-refractivity contribution is 7.80. The third-order valence-electron chi connectivity index (χ3n) is 7.02. The van der Waals surface area contributed by atoms with E-state index in [0.717, 1.165) is 54.8 Å². The Hall–Kier alpha value is -4.28. The van der Waals surface area contributed by atoms with Crippen molar-refractivity contribution in [3.8, 4) is 5.69 Å². The van der Waals surface area contributed by atoms with E-state index in [1.807, 2.05) is 30.5 Å². The zero-order valence-corrected chi connectivity index (χ0v) is 21.3. The zero-order valence-electron chi connectivity index (χ0n) is 20.5. The molecule has 2 aromatic heterocycles. The van der Waals surface area contributed by atoms with Crippen LogP contribution in [0.2, 0.25) is 0 Å². The monoisotopic (exact) mass is 526 g/mol. The van der Waals surface area contributed by atoms with Gasteiger partial charge in [0.1, 0.15) is 6.04 Å². The first-order chi connectivity index (χ1) is 18.6. The molecule has 0 saturated carbocycles. The van der Waals surface area contributed by atoms with Gasteiger partial charge in [-0.2, -0.15) is 0 Å². The van der Waals surface area contributed by atoms with Crippen molar-refractivity contribution >= 4 is 34.4 Å². The number of non-ortho nitro benzene ring substituents is 1. The van der Waals surface area contributed by atoms with E-state index >= 15 is 0 Å². The van der Waals surface area contributed by atoms with Gasteiger partial charge in [-0.1, -0.05) is 6.07 Å². The Bertz CT molecular complexity index is 1440. The fourth-order valence-electron chi connectivity index (χ4n) is 5.18. The number of nitrogens with one attached hydrogen (secondary N) is 1.